The zero-order valence-electron chi connectivity index (χ0n) is 19.1. The van der Waals surface area contributed by atoms with E-state index in [9.17, 15) is 9.59 Å². The average molecular weight is 626 g/mol. The van der Waals surface area contributed by atoms with E-state index in [1.165, 1.54) is 4.68 Å². The Bertz CT molecular complexity index is 1280. The maximum atomic E-state index is 13.2. The third-order valence-corrected chi connectivity index (χ3v) is 5.81. The number of aromatic nitrogens is 2. The van der Waals surface area contributed by atoms with Crippen LogP contribution in [0.3, 0.4) is 0 Å². The Morgan fingerprint density at radius 3 is 2.61 bits per heavy atom. The van der Waals surface area contributed by atoms with Crippen molar-refractivity contribution in [3.63, 3.8) is 0 Å². The van der Waals surface area contributed by atoms with E-state index in [-0.39, 0.29) is 18.3 Å². The number of ether oxygens (including phenoxy) is 2. The molecule has 2 aromatic carbocycles. The summed E-state index contributed by atoms with van der Waals surface area (Å²) in [5, 5.41) is 4.97. The van der Waals surface area contributed by atoms with Crippen LogP contribution in [0.2, 0.25) is 0 Å². The van der Waals surface area contributed by atoms with Gasteiger partial charge in [-0.15, -0.1) is 0 Å². The van der Waals surface area contributed by atoms with Gasteiger partial charge in [-0.2, -0.15) is 9.78 Å². The molecular formula is C24H25BrIN3O4. The maximum Gasteiger partial charge on any atom is 0.344 e. The lowest BCUT2D eigenvalue weighted by atomic mass is 9.95. The fraction of sp³-hybridized carbons (Fsp3) is 0.333. The van der Waals surface area contributed by atoms with Gasteiger partial charge in [0.25, 0.3) is 5.56 Å². The van der Waals surface area contributed by atoms with E-state index < -0.39 is 11.4 Å². The molecule has 0 amide bonds. The van der Waals surface area contributed by atoms with Gasteiger partial charge in [0.1, 0.15) is 11.6 Å². The summed E-state index contributed by atoms with van der Waals surface area (Å²) in [7, 11) is 0. The number of carbonyl (C=O) groups is 1. The van der Waals surface area contributed by atoms with Gasteiger partial charge in [-0.3, -0.25) is 4.79 Å². The van der Waals surface area contributed by atoms with Gasteiger partial charge in [0, 0.05) is 9.89 Å². The van der Waals surface area contributed by atoms with Crippen LogP contribution >= 0.6 is 38.5 Å². The highest BCUT2D eigenvalue weighted by atomic mass is 127. The Balaban J connectivity index is 1.92. The number of hydrogen-bond acceptors (Lipinski definition) is 6. The van der Waals surface area contributed by atoms with E-state index in [4.69, 9.17) is 14.5 Å². The SMILES string of the molecule is CC(C)OC(=O)COc1ccc(C=Nn2c(C(C)(C)C)nc3ccc(Br)cc3c2=O)cc1I. The number of esters is 1. The van der Waals surface area contributed by atoms with Crippen molar-refractivity contribution in [1.82, 2.24) is 9.66 Å². The molecular weight excluding hydrogens is 601 g/mol. The van der Waals surface area contributed by atoms with Crippen LogP contribution in [0, 0.1) is 3.57 Å². The van der Waals surface area contributed by atoms with Crippen molar-refractivity contribution in [2.24, 2.45) is 5.10 Å². The molecule has 0 atom stereocenters. The number of carbonyl (C=O) groups excluding carboxylic acids is 1. The second kappa shape index (κ2) is 10.3. The van der Waals surface area contributed by atoms with Gasteiger partial charge < -0.3 is 9.47 Å². The first-order valence-electron chi connectivity index (χ1n) is 10.3. The average Bonchev–Trinajstić information content (AvgIpc) is 2.71. The van der Waals surface area contributed by atoms with E-state index in [1.54, 1.807) is 32.2 Å². The Morgan fingerprint density at radius 1 is 1.24 bits per heavy atom. The molecule has 0 aliphatic heterocycles. The molecule has 0 radical (unpaired) electrons. The van der Waals surface area contributed by atoms with E-state index in [0.717, 1.165) is 13.6 Å². The highest BCUT2D eigenvalue weighted by Gasteiger charge is 2.23. The van der Waals surface area contributed by atoms with Crippen LogP contribution in [0.4, 0.5) is 0 Å². The molecule has 0 spiro atoms. The predicted molar refractivity (Wildman–Crippen MR) is 141 cm³/mol. The van der Waals surface area contributed by atoms with Crippen molar-refractivity contribution < 1.29 is 14.3 Å². The van der Waals surface area contributed by atoms with Gasteiger partial charge in [-0.25, -0.2) is 9.78 Å². The number of nitrogens with zero attached hydrogens (tertiary/aromatic N) is 3. The van der Waals surface area contributed by atoms with Crippen molar-refractivity contribution in [2.75, 3.05) is 6.61 Å². The number of hydrogen-bond donors (Lipinski definition) is 0. The molecule has 33 heavy (non-hydrogen) atoms. The van der Waals surface area contributed by atoms with Crippen LogP contribution in [0.1, 0.15) is 46.0 Å². The summed E-state index contributed by atoms with van der Waals surface area (Å²) in [5.41, 5.74) is 0.777. The molecule has 7 nitrogen and oxygen atoms in total. The van der Waals surface area contributed by atoms with Crippen LogP contribution in [-0.2, 0) is 14.9 Å². The van der Waals surface area contributed by atoms with Crippen molar-refractivity contribution in [3.8, 4) is 5.75 Å². The third kappa shape index (κ3) is 6.41. The normalized spacial score (nSPS) is 12.0. The molecule has 0 N–H and O–H groups in total. The van der Waals surface area contributed by atoms with Crippen LogP contribution in [-0.4, -0.2) is 34.6 Å². The van der Waals surface area contributed by atoms with E-state index in [0.29, 0.717) is 22.5 Å². The summed E-state index contributed by atoms with van der Waals surface area (Å²) < 4.78 is 13.6. The summed E-state index contributed by atoms with van der Waals surface area (Å²) in [4.78, 5) is 29.7. The highest BCUT2D eigenvalue weighted by Crippen LogP contribution is 2.24. The minimum Gasteiger partial charge on any atom is -0.481 e. The van der Waals surface area contributed by atoms with Crippen LogP contribution < -0.4 is 10.3 Å². The number of rotatable bonds is 6. The van der Waals surface area contributed by atoms with E-state index in [2.05, 4.69) is 43.6 Å². The first-order valence-corrected chi connectivity index (χ1v) is 12.2. The second-order valence-electron chi connectivity index (χ2n) is 8.73. The molecule has 0 bridgehead atoms. The lowest BCUT2D eigenvalue weighted by Crippen LogP contribution is -2.29. The first-order chi connectivity index (χ1) is 15.5. The molecule has 3 aromatic rings. The largest absolute Gasteiger partial charge is 0.481 e. The van der Waals surface area contributed by atoms with Crippen molar-refractivity contribution >= 4 is 61.6 Å². The molecule has 0 fully saturated rings. The zero-order valence-corrected chi connectivity index (χ0v) is 22.8. The smallest absolute Gasteiger partial charge is 0.344 e. The molecule has 174 valence electrons. The monoisotopic (exact) mass is 625 g/mol. The van der Waals surface area contributed by atoms with Gasteiger partial charge >= 0.3 is 5.97 Å². The predicted octanol–water partition coefficient (Wildman–Crippen LogP) is 5.27. The summed E-state index contributed by atoms with van der Waals surface area (Å²) in [6.07, 6.45) is 1.42. The zero-order chi connectivity index (χ0) is 24.3. The van der Waals surface area contributed by atoms with Gasteiger partial charge in [0.15, 0.2) is 6.61 Å². The fourth-order valence-electron chi connectivity index (χ4n) is 3.01. The molecule has 0 saturated heterocycles. The van der Waals surface area contributed by atoms with Crippen LogP contribution in [0.25, 0.3) is 10.9 Å². The fourth-order valence-corrected chi connectivity index (χ4v) is 4.07. The number of benzene rings is 2. The molecule has 0 unspecified atom stereocenters. The van der Waals surface area contributed by atoms with E-state index >= 15 is 0 Å². The molecule has 0 aliphatic rings. The Hall–Kier alpha value is -2.27. The molecule has 1 aromatic heterocycles. The second-order valence-corrected chi connectivity index (χ2v) is 10.8. The van der Waals surface area contributed by atoms with Crippen molar-refractivity contribution in [1.29, 1.82) is 0 Å². The molecule has 0 saturated carbocycles. The summed E-state index contributed by atoms with van der Waals surface area (Å²) >= 11 is 5.55. The molecule has 0 aliphatic carbocycles. The summed E-state index contributed by atoms with van der Waals surface area (Å²) in [6, 6.07) is 10.9. The Labute approximate surface area is 214 Å². The van der Waals surface area contributed by atoms with Gasteiger partial charge in [0.05, 0.1) is 26.8 Å². The lowest BCUT2D eigenvalue weighted by Gasteiger charge is -2.20. The number of halogens is 2. The molecule has 1 heterocycles. The Kier molecular flexibility index (Phi) is 7.94. The van der Waals surface area contributed by atoms with Crippen LogP contribution in [0.5, 0.6) is 5.75 Å². The Morgan fingerprint density at radius 2 is 1.97 bits per heavy atom. The van der Waals surface area contributed by atoms with Crippen molar-refractivity contribution in [3.05, 3.63) is 66.2 Å². The summed E-state index contributed by atoms with van der Waals surface area (Å²) in [6.45, 7) is 9.39. The van der Waals surface area contributed by atoms with Gasteiger partial charge in [-0.1, -0.05) is 36.7 Å². The van der Waals surface area contributed by atoms with Gasteiger partial charge in [-0.05, 0) is 78.4 Å². The van der Waals surface area contributed by atoms with Crippen molar-refractivity contribution in [2.45, 2.75) is 46.1 Å². The standard InChI is InChI=1S/C24H25BrIN3O4/c1-14(2)33-21(30)13-32-20-9-6-15(10-18(20)26)12-27-29-22(31)17-11-16(25)7-8-19(17)28-23(29)24(3,4)5/h6-12,14H,13H2,1-5H3. The van der Waals surface area contributed by atoms with Gasteiger partial charge in [0.2, 0.25) is 0 Å². The number of fused-ring (bicyclic) bond motifs is 1. The van der Waals surface area contributed by atoms with E-state index in [1.807, 2.05) is 45.0 Å². The topological polar surface area (TPSA) is 82.8 Å². The minimum atomic E-state index is -0.420. The highest BCUT2D eigenvalue weighted by molar-refractivity contribution is 14.1. The molecule has 9 heteroatoms. The first kappa shape index (κ1) is 25.4. The lowest BCUT2D eigenvalue weighted by molar-refractivity contribution is -0.149. The maximum absolute atomic E-state index is 13.2. The van der Waals surface area contributed by atoms with Crippen LogP contribution in [0.15, 0.2) is 50.8 Å². The quantitative estimate of drug-likeness (QED) is 0.212. The third-order valence-electron chi connectivity index (χ3n) is 4.47. The summed E-state index contributed by atoms with van der Waals surface area (Å²) in [5.74, 6) is 0.714. The molecule has 3 rings (SSSR count). The minimum absolute atomic E-state index is 0.162.